The molecule has 0 unspecified atom stereocenters. The lowest BCUT2D eigenvalue weighted by atomic mass is 9.83. The van der Waals surface area contributed by atoms with Crippen LogP contribution in [0.15, 0.2) is 36.4 Å². The monoisotopic (exact) mass is 213 g/mol. The lowest BCUT2D eigenvalue weighted by Crippen LogP contribution is -2.14. The molecule has 2 aromatic carbocycles. The zero-order chi connectivity index (χ0) is 11.8. The van der Waals surface area contributed by atoms with Crippen molar-refractivity contribution in [3.05, 3.63) is 47.8 Å². The second kappa shape index (κ2) is 3.61. The number of rotatable bonds is 1. The van der Waals surface area contributed by atoms with Gasteiger partial charge in [0.15, 0.2) is 0 Å². The smallest absolute Gasteiger partial charge is 0.123 e. The zero-order valence-corrected chi connectivity index (χ0v) is 9.29. The Hall–Kier alpha value is -1.88. The minimum atomic E-state index is -0.604. The van der Waals surface area contributed by atoms with E-state index in [9.17, 15) is 4.39 Å². The summed E-state index contributed by atoms with van der Waals surface area (Å²) in [6, 6.07) is 12.6. The molecular weight excluding hydrogens is 201 g/mol. The summed E-state index contributed by atoms with van der Waals surface area (Å²) < 4.78 is 13.2. The maximum absolute atomic E-state index is 13.2. The van der Waals surface area contributed by atoms with Gasteiger partial charge < -0.3 is 0 Å². The lowest BCUT2D eigenvalue weighted by molar-refractivity contribution is 0.629. The van der Waals surface area contributed by atoms with E-state index < -0.39 is 5.41 Å². The van der Waals surface area contributed by atoms with Gasteiger partial charge in [-0.2, -0.15) is 5.26 Å². The molecule has 0 aliphatic carbocycles. The number of nitrogens with zero attached hydrogens (tertiary/aromatic N) is 1. The first-order valence-corrected chi connectivity index (χ1v) is 5.14. The molecule has 0 bridgehead atoms. The van der Waals surface area contributed by atoms with Crippen molar-refractivity contribution in [3.8, 4) is 6.07 Å². The maximum atomic E-state index is 13.2. The Morgan fingerprint density at radius 3 is 2.62 bits per heavy atom. The van der Waals surface area contributed by atoms with E-state index in [0.717, 1.165) is 16.3 Å². The van der Waals surface area contributed by atoms with Crippen LogP contribution in [-0.4, -0.2) is 0 Å². The first-order chi connectivity index (χ1) is 7.54. The maximum Gasteiger partial charge on any atom is 0.123 e. The Morgan fingerprint density at radius 1 is 1.19 bits per heavy atom. The summed E-state index contributed by atoms with van der Waals surface area (Å²) in [4.78, 5) is 0. The van der Waals surface area contributed by atoms with Crippen molar-refractivity contribution in [3.63, 3.8) is 0 Å². The second-order valence-electron chi connectivity index (χ2n) is 4.41. The molecule has 0 spiro atoms. The average Bonchev–Trinajstić information content (AvgIpc) is 2.28. The van der Waals surface area contributed by atoms with Gasteiger partial charge in [0.2, 0.25) is 0 Å². The molecule has 0 heterocycles. The number of halogens is 1. The molecule has 0 saturated heterocycles. The molecular formula is C14H12FN. The van der Waals surface area contributed by atoms with Crippen molar-refractivity contribution in [1.82, 2.24) is 0 Å². The van der Waals surface area contributed by atoms with Crippen LogP contribution in [0.1, 0.15) is 19.4 Å². The van der Waals surface area contributed by atoms with Gasteiger partial charge in [-0.05, 0) is 42.3 Å². The molecule has 0 radical (unpaired) electrons. The highest BCUT2D eigenvalue weighted by molar-refractivity contribution is 5.87. The van der Waals surface area contributed by atoms with Crippen LogP contribution in [0.5, 0.6) is 0 Å². The van der Waals surface area contributed by atoms with E-state index in [4.69, 9.17) is 5.26 Å². The van der Waals surface area contributed by atoms with Crippen molar-refractivity contribution >= 4 is 10.8 Å². The molecule has 0 atom stereocenters. The molecule has 0 amide bonds. The summed E-state index contributed by atoms with van der Waals surface area (Å²) >= 11 is 0. The first kappa shape index (κ1) is 10.6. The molecule has 2 heteroatoms. The van der Waals surface area contributed by atoms with Gasteiger partial charge in [0.25, 0.3) is 0 Å². The number of nitriles is 1. The van der Waals surface area contributed by atoms with E-state index in [1.807, 2.05) is 32.0 Å². The summed E-state index contributed by atoms with van der Waals surface area (Å²) in [6.07, 6.45) is 0. The fraction of sp³-hybridized carbons (Fsp3) is 0.214. The van der Waals surface area contributed by atoms with Gasteiger partial charge in [-0.15, -0.1) is 0 Å². The highest BCUT2D eigenvalue weighted by atomic mass is 19.1. The molecule has 0 N–H and O–H groups in total. The van der Waals surface area contributed by atoms with Crippen LogP contribution < -0.4 is 0 Å². The van der Waals surface area contributed by atoms with E-state index in [1.165, 1.54) is 12.1 Å². The molecule has 80 valence electrons. The van der Waals surface area contributed by atoms with Crippen LogP contribution in [0.4, 0.5) is 4.39 Å². The summed E-state index contributed by atoms with van der Waals surface area (Å²) in [5.74, 6) is -0.270. The van der Waals surface area contributed by atoms with Crippen LogP contribution in [-0.2, 0) is 5.41 Å². The quantitative estimate of drug-likeness (QED) is 0.707. The minimum absolute atomic E-state index is 0.270. The SMILES string of the molecule is CC(C)(C#N)c1cccc2ccc(F)cc12. The van der Waals surface area contributed by atoms with Crippen molar-refractivity contribution in [2.75, 3.05) is 0 Å². The average molecular weight is 213 g/mol. The van der Waals surface area contributed by atoms with E-state index >= 15 is 0 Å². The Balaban J connectivity index is 2.81. The summed E-state index contributed by atoms with van der Waals surface area (Å²) in [5.41, 5.74) is 0.264. The van der Waals surface area contributed by atoms with Crippen LogP contribution in [0, 0.1) is 17.1 Å². The Morgan fingerprint density at radius 2 is 1.94 bits per heavy atom. The molecule has 2 rings (SSSR count). The standard InChI is InChI=1S/C14H12FN/c1-14(2,9-16)13-5-3-4-10-6-7-11(15)8-12(10)13/h3-8H,1-2H3. The second-order valence-corrected chi connectivity index (χ2v) is 4.41. The first-order valence-electron chi connectivity index (χ1n) is 5.14. The molecule has 1 nitrogen and oxygen atoms in total. The summed E-state index contributed by atoms with van der Waals surface area (Å²) in [7, 11) is 0. The highest BCUT2D eigenvalue weighted by Crippen LogP contribution is 2.30. The molecule has 0 aliphatic heterocycles. The summed E-state index contributed by atoms with van der Waals surface area (Å²) in [6.45, 7) is 3.68. The molecule has 0 saturated carbocycles. The van der Waals surface area contributed by atoms with Crippen molar-refractivity contribution in [2.24, 2.45) is 0 Å². The molecule has 0 fully saturated rings. The topological polar surface area (TPSA) is 23.8 Å². The van der Waals surface area contributed by atoms with Gasteiger partial charge >= 0.3 is 0 Å². The van der Waals surface area contributed by atoms with Crippen molar-refractivity contribution in [1.29, 1.82) is 5.26 Å². The van der Waals surface area contributed by atoms with Crippen molar-refractivity contribution < 1.29 is 4.39 Å². The minimum Gasteiger partial charge on any atom is -0.207 e. The molecule has 0 aromatic heterocycles. The fourth-order valence-corrected chi connectivity index (χ4v) is 1.85. The van der Waals surface area contributed by atoms with E-state index in [2.05, 4.69) is 6.07 Å². The zero-order valence-electron chi connectivity index (χ0n) is 9.29. The molecule has 0 aliphatic rings. The normalized spacial score (nSPS) is 11.4. The van der Waals surface area contributed by atoms with E-state index in [-0.39, 0.29) is 5.82 Å². The third-order valence-corrected chi connectivity index (χ3v) is 2.80. The van der Waals surface area contributed by atoms with Crippen LogP contribution in [0.25, 0.3) is 10.8 Å². The summed E-state index contributed by atoms with van der Waals surface area (Å²) in [5, 5.41) is 10.9. The predicted molar refractivity (Wildman–Crippen MR) is 62.5 cm³/mol. The predicted octanol–water partition coefficient (Wildman–Crippen LogP) is 3.78. The number of fused-ring (bicyclic) bond motifs is 1. The molecule has 2 aromatic rings. The third kappa shape index (κ3) is 1.65. The Labute approximate surface area is 94.1 Å². The van der Waals surface area contributed by atoms with Gasteiger partial charge in [0, 0.05) is 0 Å². The number of hydrogen-bond donors (Lipinski definition) is 0. The van der Waals surface area contributed by atoms with E-state index in [1.54, 1.807) is 6.07 Å². The number of benzene rings is 2. The Kier molecular flexibility index (Phi) is 2.40. The van der Waals surface area contributed by atoms with E-state index in [0.29, 0.717) is 0 Å². The van der Waals surface area contributed by atoms with Crippen LogP contribution >= 0.6 is 0 Å². The van der Waals surface area contributed by atoms with Gasteiger partial charge in [-0.1, -0.05) is 24.3 Å². The Bertz CT molecular complexity index is 579. The van der Waals surface area contributed by atoms with Crippen LogP contribution in [0.2, 0.25) is 0 Å². The highest BCUT2D eigenvalue weighted by Gasteiger charge is 2.21. The molecule has 16 heavy (non-hydrogen) atoms. The third-order valence-electron chi connectivity index (χ3n) is 2.80. The van der Waals surface area contributed by atoms with Crippen molar-refractivity contribution in [2.45, 2.75) is 19.3 Å². The van der Waals surface area contributed by atoms with Gasteiger partial charge in [-0.25, -0.2) is 4.39 Å². The lowest BCUT2D eigenvalue weighted by Gasteiger charge is -2.18. The van der Waals surface area contributed by atoms with Gasteiger partial charge in [0.05, 0.1) is 11.5 Å². The fourth-order valence-electron chi connectivity index (χ4n) is 1.85. The van der Waals surface area contributed by atoms with Gasteiger partial charge in [0.1, 0.15) is 5.82 Å². The largest absolute Gasteiger partial charge is 0.207 e. The van der Waals surface area contributed by atoms with Crippen LogP contribution in [0.3, 0.4) is 0 Å². The number of hydrogen-bond acceptors (Lipinski definition) is 1. The van der Waals surface area contributed by atoms with Gasteiger partial charge in [-0.3, -0.25) is 0 Å².